The molecule has 1 heterocycles. The van der Waals surface area contributed by atoms with Crippen LogP contribution in [0.3, 0.4) is 0 Å². The molecule has 3 N–H and O–H groups in total. The molecule has 3 unspecified atom stereocenters. The van der Waals surface area contributed by atoms with Crippen molar-refractivity contribution in [2.75, 3.05) is 13.1 Å². The summed E-state index contributed by atoms with van der Waals surface area (Å²) in [6.07, 6.45) is 0.920. The minimum Gasteiger partial charge on any atom is -0.351 e. The molecule has 0 bridgehead atoms. The van der Waals surface area contributed by atoms with Gasteiger partial charge in [-0.2, -0.15) is 0 Å². The quantitative estimate of drug-likeness (QED) is 0.747. The summed E-state index contributed by atoms with van der Waals surface area (Å²) in [4.78, 5) is 25.2. The van der Waals surface area contributed by atoms with Crippen molar-refractivity contribution in [3.8, 4) is 0 Å². The van der Waals surface area contributed by atoms with Crippen molar-refractivity contribution in [3.63, 3.8) is 0 Å². The Bertz CT molecular complexity index is 592. The number of rotatable bonds is 5. The zero-order valence-corrected chi connectivity index (χ0v) is 16.3. The fraction of sp³-hybridized carbons (Fsp3) is 0.579. The van der Waals surface area contributed by atoms with Crippen LogP contribution in [0.4, 0.5) is 0 Å². The van der Waals surface area contributed by atoms with Crippen LogP contribution in [-0.2, 0) is 4.79 Å². The van der Waals surface area contributed by atoms with E-state index in [-0.39, 0.29) is 36.2 Å². The summed E-state index contributed by atoms with van der Waals surface area (Å²) >= 11 is 0. The van der Waals surface area contributed by atoms with E-state index in [4.69, 9.17) is 0 Å². The maximum Gasteiger partial charge on any atom is 0.251 e. The normalized spacial score (nSPS) is 21.2. The number of hydrogen-bond donors (Lipinski definition) is 3. The van der Waals surface area contributed by atoms with E-state index in [2.05, 4.69) is 22.9 Å². The third-order valence-electron chi connectivity index (χ3n) is 4.63. The number of aryl methyl sites for hydroxylation is 1. The molecule has 2 rings (SSSR count). The fourth-order valence-corrected chi connectivity index (χ4v) is 3.05. The van der Waals surface area contributed by atoms with Crippen molar-refractivity contribution in [1.82, 2.24) is 16.0 Å². The van der Waals surface area contributed by atoms with Crippen molar-refractivity contribution < 1.29 is 9.59 Å². The van der Waals surface area contributed by atoms with E-state index in [1.54, 1.807) is 6.07 Å². The summed E-state index contributed by atoms with van der Waals surface area (Å²) in [6.45, 7) is 9.80. The summed E-state index contributed by atoms with van der Waals surface area (Å²) in [6, 6.07) is 7.04. The molecule has 2 amide bonds. The molecule has 25 heavy (non-hydrogen) atoms. The molecule has 1 saturated heterocycles. The van der Waals surface area contributed by atoms with E-state index in [0.717, 1.165) is 25.1 Å². The molecular formula is C19H30ClN3O2. The van der Waals surface area contributed by atoms with E-state index in [1.807, 2.05) is 39.0 Å². The minimum atomic E-state index is -0.528. The lowest BCUT2D eigenvalue weighted by molar-refractivity contribution is -0.125. The van der Waals surface area contributed by atoms with E-state index in [9.17, 15) is 9.59 Å². The molecule has 6 heteroatoms. The molecule has 0 spiro atoms. The number of amides is 2. The van der Waals surface area contributed by atoms with E-state index in [0.29, 0.717) is 11.5 Å². The van der Waals surface area contributed by atoms with Gasteiger partial charge >= 0.3 is 0 Å². The third kappa shape index (κ3) is 6.01. The van der Waals surface area contributed by atoms with E-state index >= 15 is 0 Å². The number of nitrogens with one attached hydrogen (secondary N) is 3. The average Bonchev–Trinajstić information content (AvgIpc) is 2.54. The monoisotopic (exact) mass is 367 g/mol. The Morgan fingerprint density at radius 3 is 2.60 bits per heavy atom. The maximum absolute atomic E-state index is 12.7. The molecule has 1 fully saturated rings. The molecule has 1 aromatic carbocycles. The number of benzene rings is 1. The van der Waals surface area contributed by atoms with Crippen molar-refractivity contribution >= 4 is 24.2 Å². The zero-order valence-electron chi connectivity index (χ0n) is 15.5. The summed E-state index contributed by atoms with van der Waals surface area (Å²) in [5, 5.41) is 9.35. The molecule has 1 aliphatic heterocycles. The Morgan fingerprint density at radius 2 is 2.00 bits per heavy atom. The second kappa shape index (κ2) is 9.78. The van der Waals surface area contributed by atoms with Crippen molar-refractivity contribution in [2.24, 2.45) is 11.8 Å². The van der Waals surface area contributed by atoms with Crippen molar-refractivity contribution in [1.29, 1.82) is 0 Å². The molecular weight excluding hydrogens is 338 g/mol. The third-order valence-corrected chi connectivity index (χ3v) is 4.63. The highest BCUT2D eigenvalue weighted by Crippen LogP contribution is 2.12. The van der Waals surface area contributed by atoms with Gasteiger partial charge in [-0.15, -0.1) is 12.4 Å². The first-order chi connectivity index (χ1) is 11.4. The fourth-order valence-electron chi connectivity index (χ4n) is 3.05. The highest BCUT2D eigenvalue weighted by atomic mass is 35.5. The van der Waals surface area contributed by atoms with Crippen LogP contribution in [0.1, 0.15) is 43.1 Å². The Morgan fingerprint density at radius 1 is 1.28 bits per heavy atom. The molecule has 1 aromatic rings. The number of carbonyl (C=O) groups is 2. The summed E-state index contributed by atoms with van der Waals surface area (Å²) in [7, 11) is 0. The zero-order chi connectivity index (χ0) is 17.7. The highest BCUT2D eigenvalue weighted by molar-refractivity contribution is 5.97. The molecule has 3 atom stereocenters. The molecule has 5 nitrogen and oxygen atoms in total. The second-order valence-electron chi connectivity index (χ2n) is 7.15. The van der Waals surface area contributed by atoms with Crippen LogP contribution in [0.2, 0.25) is 0 Å². The van der Waals surface area contributed by atoms with Gasteiger partial charge in [-0.3, -0.25) is 9.59 Å². The Labute approximate surface area is 156 Å². The number of piperidine rings is 1. The first-order valence-electron chi connectivity index (χ1n) is 8.77. The van der Waals surface area contributed by atoms with Crippen LogP contribution < -0.4 is 16.0 Å². The number of carbonyl (C=O) groups excluding carboxylic acids is 2. The van der Waals surface area contributed by atoms with Crippen LogP contribution in [-0.4, -0.2) is 37.0 Å². The van der Waals surface area contributed by atoms with Crippen LogP contribution >= 0.6 is 12.4 Å². The number of halogens is 1. The van der Waals surface area contributed by atoms with Crippen LogP contribution in [0.5, 0.6) is 0 Å². The molecule has 0 saturated carbocycles. The molecule has 0 aromatic heterocycles. The van der Waals surface area contributed by atoms with Gasteiger partial charge in [0.15, 0.2) is 0 Å². The standard InChI is InChI=1S/C19H29N3O2.ClH/c1-12(2)17(19(24)21-16-8-9-20-11-14(16)4)22-18(23)15-7-5-6-13(3)10-15;/h5-7,10,12,14,16-17,20H,8-9,11H2,1-4H3,(H,21,24)(H,22,23);1H. The largest absolute Gasteiger partial charge is 0.351 e. The van der Waals surface area contributed by atoms with Gasteiger partial charge in [0.25, 0.3) is 5.91 Å². The van der Waals surface area contributed by atoms with Gasteiger partial charge in [-0.1, -0.05) is 38.5 Å². The smallest absolute Gasteiger partial charge is 0.251 e. The average molecular weight is 368 g/mol. The maximum atomic E-state index is 12.7. The Hall–Kier alpha value is -1.59. The highest BCUT2D eigenvalue weighted by Gasteiger charge is 2.29. The summed E-state index contributed by atoms with van der Waals surface area (Å²) < 4.78 is 0. The summed E-state index contributed by atoms with van der Waals surface area (Å²) in [5.74, 6) is 0.120. The SMILES string of the molecule is Cc1cccc(C(=O)NC(C(=O)NC2CCNCC2C)C(C)C)c1.Cl. The van der Waals surface area contributed by atoms with Gasteiger partial charge in [0.05, 0.1) is 0 Å². The first kappa shape index (κ1) is 21.5. The van der Waals surface area contributed by atoms with Gasteiger partial charge in [-0.05, 0) is 50.4 Å². The van der Waals surface area contributed by atoms with Gasteiger partial charge in [0.2, 0.25) is 5.91 Å². The van der Waals surface area contributed by atoms with Crippen LogP contribution in [0.15, 0.2) is 24.3 Å². The first-order valence-corrected chi connectivity index (χ1v) is 8.77. The Kier molecular flexibility index (Phi) is 8.39. The van der Waals surface area contributed by atoms with Gasteiger partial charge in [0.1, 0.15) is 6.04 Å². The van der Waals surface area contributed by atoms with Crippen LogP contribution in [0.25, 0.3) is 0 Å². The predicted octanol–water partition coefficient (Wildman–Crippen LogP) is 2.29. The van der Waals surface area contributed by atoms with Gasteiger partial charge in [0, 0.05) is 11.6 Å². The van der Waals surface area contributed by atoms with E-state index < -0.39 is 6.04 Å². The molecule has 140 valence electrons. The molecule has 0 aliphatic carbocycles. The van der Waals surface area contributed by atoms with Crippen molar-refractivity contribution in [2.45, 2.75) is 46.2 Å². The second-order valence-corrected chi connectivity index (χ2v) is 7.15. The molecule has 0 radical (unpaired) electrons. The van der Waals surface area contributed by atoms with Crippen LogP contribution in [0, 0.1) is 18.8 Å². The topological polar surface area (TPSA) is 70.2 Å². The van der Waals surface area contributed by atoms with Crippen molar-refractivity contribution in [3.05, 3.63) is 35.4 Å². The molecule has 1 aliphatic rings. The lowest BCUT2D eigenvalue weighted by atomic mass is 9.94. The van der Waals surface area contributed by atoms with E-state index in [1.165, 1.54) is 0 Å². The predicted molar refractivity (Wildman–Crippen MR) is 103 cm³/mol. The Balaban J connectivity index is 0.00000312. The van der Waals surface area contributed by atoms with Gasteiger partial charge in [-0.25, -0.2) is 0 Å². The van der Waals surface area contributed by atoms with Gasteiger partial charge < -0.3 is 16.0 Å². The number of hydrogen-bond acceptors (Lipinski definition) is 3. The summed E-state index contributed by atoms with van der Waals surface area (Å²) in [5.41, 5.74) is 1.61. The lowest BCUT2D eigenvalue weighted by Gasteiger charge is -2.32. The lowest BCUT2D eigenvalue weighted by Crippen LogP contribution is -2.55. The minimum absolute atomic E-state index is 0.